The number of thiazole rings is 1. The van der Waals surface area contributed by atoms with E-state index in [0.29, 0.717) is 22.1 Å². The van der Waals surface area contributed by atoms with Crippen LogP contribution in [-0.2, 0) is 0 Å². The van der Waals surface area contributed by atoms with Gasteiger partial charge < -0.3 is 10.6 Å². The molecule has 5 aromatic rings. The van der Waals surface area contributed by atoms with Crippen LogP contribution in [0.1, 0.15) is 18.9 Å². The molecule has 11 heteroatoms. The number of aromatic nitrogens is 7. The summed E-state index contributed by atoms with van der Waals surface area (Å²) in [6.07, 6.45) is 6.94. The van der Waals surface area contributed by atoms with E-state index < -0.39 is 0 Å². The first-order chi connectivity index (χ1) is 15.8. The minimum atomic E-state index is -0.0110. The third-order valence-electron chi connectivity index (χ3n) is 5.62. The number of aromatic amines is 1. The van der Waals surface area contributed by atoms with Crippen LogP contribution < -0.4 is 15.5 Å². The van der Waals surface area contributed by atoms with Crippen LogP contribution in [0.2, 0.25) is 0 Å². The molecule has 1 aliphatic heterocycles. The maximum absolute atomic E-state index is 12.6. The Bertz CT molecular complexity index is 1480. The Morgan fingerprint density at radius 1 is 1.09 bits per heavy atom. The molecule has 0 atom stereocenters. The maximum Gasteiger partial charge on any atom is 0.311 e. The molecule has 1 aliphatic rings. The van der Waals surface area contributed by atoms with Crippen LogP contribution in [0.15, 0.2) is 47.7 Å². The molecule has 0 bridgehead atoms. The summed E-state index contributed by atoms with van der Waals surface area (Å²) in [4.78, 5) is 31.2. The second-order valence-electron chi connectivity index (χ2n) is 7.62. The number of pyridine rings is 2. The molecule has 6 heterocycles. The van der Waals surface area contributed by atoms with E-state index in [0.717, 1.165) is 59.6 Å². The average molecular weight is 446 g/mol. The zero-order valence-electron chi connectivity index (χ0n) is 16.9. The number of anilines is 2. The Hall–Kier alpha value is -3.70. The predicted molar refractivity (Wildman–Crippen MR) is 123 cm³/mol. The van der Waals surface area contributed by atoms with Crippen LogP contribution in [0.25, 0.3) is 32.8 Å². The van der Waals surface area contributed by atoms with Gasteiger partial charge in [0.2, 0.25) is 0 Å². The lowest BCUT2D eigenvalue weighted by Crippen LogP contribution is -2.32. The molecule has 0 amide bonds. The van der Waals surface area contributed by atoms with Crippen LogP contribution in [-0.4, -0.2) is 47.8 Å². The van der Waals surface area contributed by atoms with Crippen molar-refractivity contribution < 1.29 is 0 Å². The summed E-state index contributed by atoms with van der Waals surface area (Å²) in [6, 6.07) is 7.73. The highest BCUT2D eigenvalue weighted by Gasteiger charge is 2.21. The summed E-state index contributed by atoms with van der Waals surface area (Å²) in [5, 5.41) is 13.9. The van der Waals surface area contributed by atoms with Gasteiger partial charge >= 0.3 is 4.87 Å². The van der Waals surface area contributed by atoms with Crippen LogP contribution in [0.3, 0.4) is 0 Å². The smallest absolute Gasteiger partial charge is 0.311 e. The molecule has 0 radical (unpaired) electrons. The first kappa shape index (κ1) is 19.0. The number of nitrogens with zero attached hydrogens (tertiary/aromatic N) is 6. The number of H-pyrrole nitrogens is 1. The minimum Gasteiger partial charge on any atom is -0.322 e. The zero-order chi connectivity index (χ0) is 21.5. The molecule has 0 saturated carbocycles. The summed E-state index contributed by atoms with van der Waals surface area (Å²) in [5.41, 5.74) is 3.97. The predicted octanol–water partition coefficient (Wildman–Crippen LogP) is 2.85. The van der Waals surface area contributed by atoms with Crippen molar-refractivity contribution >= 4 is 44.5 Å². The Kier molecular flexibility index (Phi) is 4.62. The van der Waals surface area contributed by atoms with Crippen molar-refractivity contribution in [1.82, 2.24) is 40.0 Å². The van der Waals surface area contributed by atoms with Gasteiger partial charge in [-0.1, -0.05) is 11.3 Å². The largest absolute Gasteiger partial charge is 0.322 e. The highest BCUT2D eigenvalue weighted by atomic mass is 32.1. The van der Waals surface area contributed by atoms with Crippen molar-refractivity contribution in [3.05, 3.63) is 52.5 Å². The van der Waals surface area contributed by atoms with Gasteiger partial charge in [0.15, 0.2) is 22.1 Å². The van der Waals surface area contributed by atoms with Gasteiger partial charge in [0.25, 0.3) is 0 Å². The monoisotopic (exact) mass is 445 g/mol. The standard InChI is InChI=1S/C21H19N9OS/c31-21-30(12-3-7-22-8-4-12)19-20(32-21)25-11-17(27-19)26-16-10-15(28-29-16)13-5-9-23-14-2-1-6-24-18(13)14/h1-2,5-6,9-12,22H,3-4,7-8H2,(H2,26,27,28,29). The molecule has 0 unspecified atom stereocenters. The molecular weight excluding hydrogens is 426 g/mol. The minimum absolute atomic E-state index is 0.0110. The highest BCUT2D eigenvalue weighted by molar-refractivity contribution is 7.15. The van der Waals surface area contributed by atoms with E-state index in [-0.39, 0.29) is 10.9 Å². The third-order valence-corrected chi connectivity index (χ3v) is 6.48. The quantitative estimate of drug-likeness (QED) is 0.385. The molecule has 1 fully saturated rings. The lowest BCUT2D eigenvalue weighted by Gasteiger charge is -2.23. The van der Waals surface area contributed by atoms with E-state index in [1.54, 1.807) is 23.2 Å². The molecule has 32 heavy (non-hydrogen) atoms. The van der Waals surface area contributed by atoms with Crippen LogP contribution in [0.5, 0.6) is 0 Å². The Morgan fingerprint density at radius 3 is 2.91 bits per heavy atom. The zero-order valence-corrected chi connectivity index (χ0v) is 17.8. The van der Waals surface area contributed by atoms with Gasteiger partial charge in [-0.25, -0.2) is 9.97 Å². The fraction of sp³-hybridized carbons (Fsp3) is 0.238. The molecule has 0 aromatic carbocycles. The lowest BCUT2D eigenvalue weighted by molar-refractivity contribution is 0.371. The van der Waals surface area contributed by atoms with Gasteiger partial charge in [0.05, 0.1) is 22.9 Å². The molecule has 3 N–H and O–H groups in total. The number of piperidine rings is 1. The van der Waals surface area contributed by atoms with Crippen LogP contribution >= 0.6 is 11.3 Å². The number of hydrogen-bond donors (Lipinski definition) is 3. The molecule has 10 nitrogen and oxygen atoms in total. The SMILES string of the molecule is O=c1sc2ncc(Nc3cc(-c4ccnc5cccnc45)[nH]n3)nc2n1C1CCNCC1. The topological polar surface area (TPSA) is 126 Å². The average Bonchev–Trinajstić information content (AvgIpc) is 3.42. The normalized spacial score (nSPS) is 14.9. The van der Waals surface area contributed by atoms with Crippen molar-refractivity contribution in [2.24, 2.45) is 0 Å². The van der Waals surface area contributed by atoms with Gasteiger partial charge in [-0.15, -0.1) is 0 Å². The fourth-order valence-corrected chi connectivity index (χ4v) is 4.95. The van der Waals surface area contributed by atoms with Crippen molar-refractivity contribution in [2.45, 2.75) is 18.9 Å². The van der Waals surface area contributed by atoms with Crippen molar-refractivity contribution in [3.8, 4) is 11.3 Å². The van der Waals surface area contributed by atoms with Gasteiger partial charge in [-0.05, 0) is 44.1 Å². The van der Waals surface area contributed by atoms with Gasteiger partial charge in [0, 0.05) is 30.1 Å². The number of nitrogens with one attached hydrogen (secondary N) is 3. The second kappa shape index (κ2) is 7.77. The van der Waals surface area contributed by atoms with Crippen molar-refractivity contribution in [3.63, 3.8) is 0 Å². The molecule has 160 valence electrons. The lowest BCUT2D eigenvalue weighted by atomic mass is 10.1. The number of rotatable bonds is 4. The van der Waals surface area contributed by atoms with Gasteiger partial charge in [-0.3, -0.25) is 24.4 Å². The molecule has 1 saturated heterocycles. The maximum atomic E-state index is 12.6. The molecule has 5 aromatic heterocycles. The van der Waals surface area contributed by atoms with Crippen molar-refractivity contribution in [2.75, 3.05) is 18.4 Å². The van der Waals surface area contributed by atoms with E-state index >= 15 is 0 Å². The van der Waals surface area contributed by atoms with Crippen LogP contribution in [0.4, 0.5) is 11.6 Å². The highest BCUT2D eigenvalue weighted by Crippen LogP contribution is 2.28. The summed E-state index contributed by atoms with van der Waals surface area (Å²) in [7, 11) is 0. The fourth-order valence-electron chi connectivity index (χ4n) is 4.11. The van der Waals surface area contributed by atoms with Crippen molar-refractivity contribution in [1.29, 1.82) is 0 Å². The van der Waals surface area contributed by atoms with Gasteiger partial charge in [0.1, 0.15) is 0 Å². The van der Waals surface area contributed by atoms with E-state index in [1.165, 1.54) is 0 Å². The Morgan fingerprint density at radius 2 is 2.00 bits per heavy atom. The number of hydrogen-bond acceptors (Lipinski definition) is 9. The Balaban J connectivity index is 1.33. The molecule has 6 rings (SSSR count). The first-order valence-electron chi connectivity index (χ1n) is 10.4. The molecular formula is C21H19N9OS. The number of fused-ring (bicyclic) bond motifs is 2. The first-order valence-corrected chi connectivity index (χ1v) is 11.2. The molecule has 0 spiro atoms. The van der Waals surface area contributed by atoms with E-state index in [2.05, 4.69) is 35.8 Å². The third kappa shape index (κ3) is 3.31. The van der Waals surface area contributed by atoms with Crippen LogP contribution in [0, 0.1) is 0 Å². The van der Waals surface area contributed by atoms with E-state index in [9.17, 15) is 4.79 Å². The van der Waals surface area contributed by atoms with E-state index in [1.807, 2.05) is 24.3 Å². The second-order valence-corrected chi connectivity index (χ2v) is 8.56. The summed E-state index contributed by atoms with van der Waals surface area (Å²) < 4.78 is 1.80. The van der Waals surface area contributed by atoms with E-state index in [4.69, 9.17) is 4.98 Å². The summed E-state index contributed by atoms with van der Waals surface area (Å²) in [5.74, 6) is 1.13. The van der Waals surface area contributed by atoms with Gasteiger partial charge in [-0.2, -0.15) is 5.10 Å². The Labute approximate surface area is 185 Å². The summed E-state index contributed by atoms with van der Waals surface area (Å²) in [6.45, 7) is 1.79. The summed E-state index contributed by atoms with van der Waals surface area (Å²) >= 11 is 1.14. The molecule has 0 aliphatic carbocycles.